The van der Waals surface area contributed by atoms with Crippen molar-refractivity contribution in [1.82, 2.24) is 0 Å². The molecule has 0 unspecified atom stereocenters. The van der Waals surface area contributed by atoms with Gasteiger partial charge in [0.25, 0.3) is 0 Å². The van der Waals surface area contributed by atoms with E-state index in [0.717, 1.165) is 16.9 Å². The van der Waals surface area contributed by atoms with Crippen LogP contribution in [0.25, 0.3) is 11.6 Å². The molecule has 0 aliphatic carbocycles. The number of hydrogen-bond acceptors (Lipinski definition) is 6. The molecular formula is C26H23NO5. The van der Waals surface area contributed by atoms with Gasteiger partial charge in [0.2, 0.25) is 0 Å². The van der Waals surface area contributed by atoms with Gasteiger partial charge in [-0.2, -0.15) is 5.26 Å². The van der Waals surface area contributed by atoms with Crippen LogP contribution in [0.3, 0.4) is 0 Å². The number of allylic oxidation sites excluding steroid dienone is 1. The predicted molar refractivity (Wildman–Crippen MR) is 122 cm³/mol. The zero-order valence-electron chi connectivity index (χ0n) is 18.1. The second-order valence-corrected chi connectivity index (χ2v) is 6.81. The van der Waals surface area contributed by atoms with Crippen LogP contribution in [0.5, 0.6) is 23.0 Å². The van der Waals surface area contributed by atoms with Crippen LogP contribution >= 0.6 is 0 Å². The molecule has 0 atom stereocenters. The Kier molecular flexibility index (Phi) is 7.50. The predicted octanol–water partition coefficient (Wildman–Crippen LogP) is 4.92. The molecule has 3 aromatic carbocycles. The molecule has 0 aliphatic heterocycles. The maximum absolute atomic E-state index is 12.2. The molecule has 0 aromatic heterocycles. The molecule has 0 aliphatic rings. The largest absolute Gasteiger partial charge is 0.497 e. The summed E-state index contributed by atoms with van der Waals surface area (Å²) in [6.45, 7) is 0. The maximum atomic E-state index is 12.2. The molecule has 162 valence electrons. The van der Waals surface area contributed by atoms with E-state index < -0.39 is 0 Å². The summed E-state index contributed by atoms with van der Waals surface area (Å²) in [5, 5.41) is 9.61. The quantitative estimate of drug-likeness (QED) is 0.219. The van der Waals surface area contributed by atoms with Crippen LogP contribution in [-0.2, 0) is 11.2 Å². The first-order chi connectivity index (χ1) is 15.6. The van der Waals surface area contributed by atoms with Crippen molar-refractivity contribution < 1.29 is 23.7 Å². The van der Waals surface area contributed by atoms with E-state index in [1.54, 1.807) is 82.0 Å². The minimum Gasteiger partial charge on any atom is -0.497 e. The van der Waals surface area contributed by atoms with Crippen molar-refractivity contribution in [2.24, 2.45) is 0 Å². The summed E-state index contributed by atoms with van der Waals surface area (Å²) in [7, 11) is 4.70. The molecule has 0 N–H and O–H groups in total. The van der Waals surface area contributed by atoms with Gasteiger partial charge in [-0.3, -0.25) is 4.79 Å². The molecule has 6 nitrogen and oxygen atoms in total. The van der Waals surface area contributed by atoms with Crippen molar-refractivity contribution in [3.8, 4) is 29.1 Å². The van der Waals surface area contributed by atoms with Gasteiger partial charge in [0.15, 0.2) is 11.5 Å². The summed E-state index contributed by atoms with van der Waals surface area (Å²) in [5.41, 5.74) is 2.81. The summed E-state index contributed by atoms with van der Waals surface area (Å²) < 4.78 is 21.1. The Bertz CT molecular complexity index is 1140. The number of methoxy groups -OCH3 is 3. The number of ether oxygens (including phenoxy) is 4. The summed E-state index contributed by atoms with van der Waals surface area (Å²) in [6, 6.07) is 21.7. The van der Waals surface area contributed by atoms with E-state index in [2.05, 4.69) is 6.07 Å². The first kappa shape index (κ1) is 22.4. The second kappa shape index (κ2) is 10.7. The molecule has 32 heavy (non-hydrogen) atoms. The van der Waals surface area contributed by atoms with Gasteiger partial charge in [0.1, 0.15) is 11.5 Å². The van der Waals surface area contributed by atoms with E-state index in [4.69, 9.17) is 18.9 Å². The van der Waals surface area contributed by atoms with E-state index in [-0.39, 0.29) is 12.4 Å². The number of nitrogens with zero attached hydrogens (tertiary/aromatic N) is 1. The first-order valence-corrected chi connectivity index (χ1v) is 9.84. The van der Waals surface area contributed by atoms with Crippen LogP contribution in [0.4, 0.5) is 0 Å². The van der Waals surface area contributed by atoms with Crippen LogP contribution in [0.15, 0.2) is 66.7 Å². The Labute approximate surface area is 187 Å². The maximum Gasteiger partial charge on any atom is 0.315 e. The highest BCUT2D eigenvalue weighted by Gasteiger charge is 2.09. The summed E-state index contributed by atoms with van der Waals surface area (Å²) in [6.07, 6.45) is 1.91. The van der Waals surface area contributed by atoms with Gasteiger partial charge in [0.05, 0.1) is 39.4 Å². The topological polar surface area (TPSA) is 77.8 Å². The van der Waals surface area contributed by atoms with Gasteiger partial charge in [0, 0.05) is 0 Å². The van der Waals surface area contributed by atoms with Crippen LogP contribution < -0.4 is 18.9 Å². The van der Waals surface area contributed by atoms with Crippen molar-refractivity contribution in [2.45, 2.75) is 6.42 Å². The van der Waals surface area contributed by atoms with Gasteiger partial charge >= 0.3 is 5.97 Å². The Morgan fingerprint density at radius 1 is 0.844 bits per heavy atom. The van der Waals surface area contributed by atoms with Crippen molar-refractivity contribution in [3.05, 3.63) is 83.4 Å². The summed E-state index contributed by atoms with van der Waals surface area (Å²) >= 11 is 0. The number of nitriles is 1. The van der Waals surface area contributed by atoms with Gasteiger partial charge in [-0.15, -0.1) is 0 Å². The van der Waals surface area contributed by atoms with Gasteiger partial charge < -0.3 is 18.9 Å². The fraction of sp³-hybridized carbons (Fsp3) is 0.154. The molecule has 0 heterocycles. The fourth-order valence-electron chi connectivity index (χ4n) is 3.06. The number of rotatable bonds is 8. The molecule has 6 heteroatoms. The van der Waals surface area contributed by atoms with Gasteiger partial charge in [-0.05, 0) is 65.2 Å². The molecule has 0 amide bonds. The highest BCUT2D eigenvalue weighted by atomic mass is 16.5. The lowest BCUT2D eigenvalue weighted by Gasteiger charge is -2.09. The molecular weight excluding hydrogens is 406 g/mol. The van der Waals surface area contributed by atoms with Crippen molar-refractivity contribution in [3.63, 3.8) is 0 Å². The van der Waals surface area contributed by atoms with Gasteiger partial charge in [-0.25, -0.2) is 0 Å². The van der Waals surface area contributed by atoms with Crippen LogP contribution in [-0.4, -0.2) is 27.3 Å². The lowest BCUT2D eigenvalue weighted by molar-refractivity contribution is -0.133. The zero-order chi connectivity index (χ0) is 22.9. The molecule has 0 radical (unpaired) electrons. The number of carbonyl (C=O) groups is 1. The average molecular weight is 429 g/mol. The smallest absolute Gasteiger partial charge is 0.315 e. The monoisotopic (exact) mass is 429 g/mol. The molecule has 0 bridgehead atoms. The summed E-state index contributed by atoms with van der Waals surface area (Å²) in [4.78, 5) is 12.2. The van der Waals surface area contributed by atoms with Crippen molar-refractivity contribution in [2.75, 3.05) is 21.3 Å². The third kappa shape index (κ3) is 5.67. The van der Waals surface area contributed by atoms with Crippen LogP contribution in [0.2, 0.25) is 0 Å². The Balaban J connectivity index is 1.69. The molecule has 3 rings (SSSR count). The average Bonchev–Trinajstić information content (AvgIpc) is 2.83. The van der Waals surface area contributed by atoms with Crippen molar-refractivity contribution >= 4 is 17.6 Å². The van der Waals surface area contributed by atoms with Crippen LogP contribution in [0.1, 0.15) is 16.7 Å². The molecule has 0 fully saturated rings. The Hall–Kier alpha value is -4.24. The highest BCUT2D eigenvalue weighted by molar-refractivity contribution is 5.90. The fourth-order valence-corrected chi connectivity index (χ4v) is 3.06. The summed E-state index contributed by atoms with van der Waals surface area (Å²) in [5.74, 6) is 1.95. The third-order valence-electron chi connectivity index (χ3n) is 4.75. The van der Waals surface area contributed by atoms with E-state index in [1.165, 1.54) is 0 Å². The first-order valence-electron chi connectivity index (χ1n) is 9.84. The number of esters is 1. The molecule has 3 aromatic rings. The third-order valence-corrected chi connectivity index (χ3v) is 4.75. The van der Waals surface area contributed by atoms with E-state index >= 15 is 0 Å². The molecule has 0 spiro atoms. The Morgan fingerprint density at radius 2 is 1.50 bits per heavy atom. The molecule has 0 saturated heterocycles. The normalized spacial score (nSPS) is 10.8. The molecule has 0 saturated carbocycles. The van der Waals surface area contributed by atoms with E-state index in [9.17, 15) is 10.1 Å². The van der Waals surface area contributed by atoms with E-state index in [0.29, 0.717) is 28.4 Å². The number of carbonyl (C=O) groups excluding carboxylic acids is 1. The van der Waals surface area contributed by atoms with E-state index in [1.807, 2.05) is 12.1 Å². The lowest BCUT2D eigenvalue weighted by Crippen LogP contribution is -2.11. The number of hydrogen-bond donors (Lipinski definition) is 0. The van der Waals surface area contributed by atoms with Crippen molar-refractivity contribution in [1.29, 1.82) is 5.26 Å². The second-order valence-electron chi connectivity index (χ2n) is 6.81. The minimum absolute atomic E-state index is 0.156. The minimum atomic E-state index is -0.360. The van der Waals surface area contributed by atoms with Crippen LogP contribution in [0, 0.1) is 11.3 Å². The zero-order valence-corrected chi connectivity index (χ0v) is 18.1. The highest BCUT2D eigenvalue weighted by Crippen LogP contribution is 2.31. The number of benzene rings is 3. The standard InChI is InChI=1S/C26H23NO5/c1-29-22-9-4-19(5-10-22)15-26(28)32-23-11-6-18(7-12-23)14-21(17-27)20-8-13-24(30-2)25(16-20)31-3/h4-14,16H,15H2,1-3H3/b21-14-. The lowest BCUT2D eigenvalue weighted by atomic mass is 10.0. The SMILES string of the molecule is COc1ccc(CC(=O)Oc2ccc(/C=C(/C#N)c3ccc(OC)c(OC)c3)cc2)cc1. The Morgan fingerprint density at radius 3 is 2.09 bits per heavy atom. The van der Waals surface area contributed by atoms with Gasteiger partial charge in [-0.1, -0.05) is 24.3 Å².